The van der Waals surface area contributed by atoms with Crippen LogP contribution in [0.1, 0.15) is 43.2 Å². The summed E-state index contributed by atoms with van der Waals surface area (Å²) < 4.78 is 4.46. The molecule has 4 aliphatic rings. The molecule has 0 amide bonds. The summed E-state index contributed by atoms with van der Waals surface area (Å²) >= 11 is 0. The van der Waals surface area contributed by atoms with Crippen LogP contribution >= 0.6 is 0 Å². The number of carboxylic acids is 2. The topological polar surface area (TPSA) is 187 Å². The maximum atomic E-state index is 12.5. The molecule has 4 aromatic carbocycles. The van der Waals surface area contributed by atoms with Crippen molar-refractivity contribution in [3.05, 3.63) is 204 Å². The first-order chi connectivity index (χ1) is 29.0. The van der Waals surface area contributed by atoms with Gasteiger partial charge >= 0.3 is 0 Å². The Hall–Kier alpha value is -7.80. The molecular weight excluding hydrogens is 761 g/mol. The standard InChI is InChI=1S/C18H14O8.2C15H11N2/c19-13(11-7-3-1-4-8-11)17(25,15(21)22)18(26,16(23)24)14(20)12-9-5-2-6-10-12;2*1-2-6-13-11(5-1)12-8-10-17-9-4-3-7-14(17)15(12)16-13/h1-10,25-26H,(H,21,22)(H,23,24);2*1-9H,10H2/q;2*+1/p-2. The zero-order valence-electron chi connectivity index (χ0n) is 31.7. The lowest BCUT2D eigenvalue weighted by Crippen LogP contribution is -2.76. The molecule has 2 aromatic heterocycles. The van der Waals surface area contributed by atoms with Crippen LogP contribution in [-0.4, -0.2) is 56.3 Å². The molecule has 12 nitrogen and oxygen atoms in total. The number of aromatic nitrogens is 2. The molecule has 0 fully saturated rings. The number of aliphatic carboxylic acids is 2. The number of allylic oxidation sites excluding steroid dienone is 4. The fourth-order valence-corrected chi connectivity index (χ4v) is 7.50. The molecule has 6 aromatic rings. The summed E-state index contributed by atoms with van der Waals surface area (Å²) in [4.78, 5) is 57.6. The highest BCUT2D eigenvalue weighted by Gasteiger charge is 2.62. The van der Waals surface area contributed by atoms with E-state index >= 15 is 0 Å². The van der Waals surface area contributed by atoms with Crippen molar-refractivity contribution in [1.29, 1.82) is 0 Å². The Labute approximate surface area is 343 Å². The number of carboxylic acid groups (broad SMARTS) is 2. The number of pyridine rings is 2. The van der Waals surface area contributed by atoms with Gasteiger partial charge in [0.25, 0.3) is 0 Å². The molecule has 0 spiro atoms. The smallest absolute Gasteiger partial charge is 0.232 e. The molecule has 2 N–H and O–H groups in total. The number of ketones is 2. The Balaban J connectivity index is 0.000000128. The Bertz CT molecular complexity index is 2660. The summed E-state index contributed by atoms with van der Waals surface area (Å²) in [6, 6.07) is 41.7. The second kappa shape index (κ2) is 15.9. The molecule has 4 aliphatic heterocycles. The average Bonchev–Trinajstić information content (AvgIpc) is 3.88. The lowest BCUT2D eigenvalue weighted by molar-refractivity contribution is -0.688. The number of carbonyl (C=O) groups excluding carboxylic acids is 4. The number of carbonyl (C=O) groups is 4. The molecule has 12 heteroatoms. The van der Waals surface area contributed by atoms with Crippen LogP contribution in [-0.2, 0) is 22.7 Å². The monoisotopic (exact) mass is 794 g/mol. The van der Waals surface area contributed by atoms with Crippen LogP contribution in [0, 0.1) is 0 Å². The maximum absolute atomic E-state index is 12.5. The van der Waals surface area contributed by atoms with Crippen LogP contribution in [0.4, 0.5) is 11.4 Å². The second-order valence-corrected chi connectivity index (χ2v) is 14.1. The fraction of sp³-hybridized carbons (Fsp3) is 0.0833. The van der Waals surface area contributed by atoms with Crippen molar-refractivity contribution in [2.45, 2.75) is 24.3 Å². The number of rotatable bonds is 7. The third-order valence-corrected chi connectivity index (χ3v) is 10.6. The Kier molecular flexibility index (Phi) is 10.3. The number of Topliss-reactive ketones (excluding diaryl/α,β-unsaturated/α-hetero) is 2. The quantitative estimate of drug-likeness (QED) is 0.140. The van der Waals surface area contributed by atoms with E-state index in [1.165, 1.54) is 70.1 Å². The van der Waals surface area contributed by atoms with Gasteiger partial charge in [0.15, 0.2) is 25.5 Å². The van der Waals surface area contributed by atoms with E-state index in [1.54, 1.807) is 0 Å². The highest BCUT2D eigenvalue weighted by Crippen LogP contribution is 2.38. The van der Waals surface area contributed by atoms with Crippen molar-refractivity contribution in [1.82, 2.24) is 0 Å². The number of fused-ring (bicyclic) bond motifs is 10. The molecule has 0 saturated heterocycles. The van der Waals surface area contributed by atoms with Gasteiger partial charge in [0.2, 0.25) is 34.2 Å². The number of nitrogens with zero attached hydrogens (tertiary/aromatic N) is 4. The minimum atomic E-state index is -4.12. The molecule has 10 rings (SSSR count). The van der Waals surface area contributed by atoms with Gasteiger partial charge in [-0.2, -0.15) is 9.13 Å². The van der Waals surface area contributed by atoms with Crippen molar-refractivity contribution >= 4 is 57.4 Å². The van der Waals surface area contributed by atoms with Gasteiger partial charge in [0.1, 0.15) is 11.4 Å². The summed E-state index contributed by atoms with van der Waals surface area (Å²) in [6.45, 7) is 1.86. The summed E-state index contributed by atoms with van der Waals surface area (Å²) in [5.41, 5.74) is 2.74. The number of hydrogen-bond donors (Lipinski definition) is 2. The molecule has 0 bridgehead atoms. The van der Waals surface area contributed by atoms with Gasteiger partial charge in [-0.15, -0.1) is 0 Å². The zero-order valence-corrected chi connectivity index (χ0v) is 31.7. The van der Waals surface area contributed by atoms with E-state index in [1.807, 2.05) is 12.1 Å². The predicted molar refractivity (Wildman–Crippen MR) is 216 cm³/mol. The van der Waals surface area contributed by atoms with E-state index < -0.39 is 45.8 Å². The van der Waals surface area contributed by atoms with E-state index in [2.05, 4.69) is 106 Å². The molecule has 294 valence electrons. The number of hydrogen-bond acceptors (Lipinski definition) is 10. The molecule has 2 atom stereocenters. The lowest BCUT2D eigenvalue weighted by Gasteiger charge is -2.42. The van der Waals surface area contributed by atoms with Crippen molar-refractivity contribution in [3.63, 3.8) is 0 Å². The van der Waals surface area contributed by atoms with Crippen LogP contribution in [0.5, 0.6) is 0 Å². The van der Waals surface area contributed by atoms with Gasteiger partial charge in [-0.25, -0.2) is 9.98 Å². The molecule has 0 radical (unpaired) electrons. The first kappa shape index (κ1) is 39.0. The molecule has 0 saturated carbocycles. The van der Waals surface area contributed by atoms with Crippen LogP contribution < -0.4 is 19.3 Å². The zero-order chi connectivity index (χ0) is 42.0. The minimum Gasteiger partial charge on any atom is -0.546 e. The lowest BCUT2D eigenvalue weighted by atomic mass is 9.73. The molecule has 60 heavy (non-hydrogen) atoms. The number of para-hydroxylation sites is 2. The molecular formula is C48H34N4O8. The normalized spacial score (nSPS) is 15.4. The Morgan fingerprint density at radius 3 is 1.22 bits per heavy atom. The van der Waals surface area contributed by atoms with Gasteiger partial charge in [-0.1, -0.05) is 97.1 Å². The molecule has 0 aliphatic carbocycles. The third-order valence-electron chi connectivity index (χ3n) is 10.6. The Morgan fingerprint density at radius 2 is 0.833 bits per heavy atom. The second-order valence-electron chi connectivity index (χ2n) is 14.1. The van der Waals surface area contributed by atoms with E-state index in [0.717, 1.165) is 60.2 Å². The summed E-state index contributed by atoms with van der Waals surface area (Å²) in [5, 5.41) is 43.9. The number of aliphatic hydroxyl groups is 2. The van der Waals surface area contributed by atoms with Crippen LogP contribution in [0.15, 0.2) is 180 Å². The average molecular weight is 795 g/mol. The van der Waals surface area contributed by atoms with Gasteiger partial charge in [-0.05, 0) is 36.4 Å². The van der Waals surface area contributed by atoms with E-state index in [-0.39, 0.29) is 0 Å². The van der Waals surface area contributed by atoms with Crippen molar-refractivity contribution < 1.29 is 48.7 Å². The van der Waals surface area contributed by atoms with E-state index in [9.17, 15) is 39.6 Å². The fourth-order valence-electron chi connectivity index (χ4n) is 7.50. The van der Waals surface area contributed by atoms with Gasteiger partial charge in [0, 0.05) is 57.7 Å². The summed E-state index contributed by atoms with van der Waals surface area (Å²) in [5.74, 6) is -8.81. The third kappa shape index (κ3) is 6.65. The van der Waals surface area contributed by atoms with Gasteiger partial charge in [-0.3, -0.25) is 9.59 Å². The first-order valence-corrected chi connectivity index (χ1v) is 18.9. The van der Waals surface area contributed by atoms with Crippen molar-refractivity contribution in [3.8, 4) is 0 Å². The minimum absolute atomic E-state index is 0.459. The van der Waals surface area contributed by atoms with Crippen LogP contribution in [0.2, 0.25) is 0 Å². The largest absolute Gasteiger partial charge is 0.546 e. The van der Waals surface area contributed by atoms with Crippen molar-refractivity contribution in [2.75, 3.05) is 0 Å². The highest BCUT2D eigenvalue weighted by molar-refractivity contribution is 6.36. The Morgan fingerprint density at radius 1 is 0.483 bits per heavy atom. The summed E-state index contributed by atoms with van der Waals surface area (Å²) in [7, 11) is 0. The first-order valence-electron chi connectivity index (χ1n) is 18.9. The molecule has 2 unspecified atom stereocenters. The predicted octanol–water partition coefficient (Wildman–Crippen LogP) is 2.73. The maximum Gasteiger partial charge on any atom is 0.232 e. The molecule has 6 heterocycles. The summed E-state index contributed by atoms with van der Waals surface area (Å²) in [6.07, 6.45) is 8.73. The SMILES string of the molecule is C1=C2C(=Nc3ccccc32)c2cccc[n+]2C1.C1=C2C(=Nc3ccccc32)c2cccc[n+]2C1.O=C([O-])C(O)(C(=O)c1ccccc1)C(O)(C(=O)[O-])C(=O)c1ccccc1. The number of aliphatic imine (C=N–C) groups is 2. The van der Waals surface area contributed by atoms with Gasteiger partial charge < -0.3 is 30.0 Å². The van der Waals surface area contributed by atoms with Crippen LogP contribution in [0.3, 0.4) is 0 Å². The van der Waals surface area contributed by atoms with Crippen molar-refractivity contribution in [2.24, 2.45) is 9.98 Å². The van der Waals surface area contributed by atoms with E-state index in [0.29, 0.717) is 0 Å². The number of benzene rings is 4. The van der Waals surface area contributed by atoms with E-state index in [4.69, 9.17) is 9.98 Å². The van der Waals surface area contributed by atoms with Gasteiger partial charge in [0.05, 0.1) is 23.3 Å². The highest BCUT2D eigenvalue weighted by atomic mass is 16.5. The van der Waals surface area contributed by atoms with Crippen LogP contribution in [0.25, 0.3) is 11.1 Å².